The van der Waals surface area contributed by atoms with Crippen LogP contribution in [0.3, 0.4) is 0 Å². The SMILES string of the molecule is O=C(O)N1[C@@H]2CC[C@H]1C[C@@H](Nc1nc(Cl)cc3ncccc13)C2. The highest BCUT2D eigenvalue weighted by atomic mass is 35.5. The van der Waals surface area contributed by atoms with E-state index < -0.39 is 6.09 Å². The molecule has 2 aliphatic rings. The van der Waals surface area contributed by atoms with Crippen molar-refractivity contribution in [1.82, 2.24) is 14.9 Å². The largest absolute Gasteiger partial charge is 0.465 e. The summed E-state index contributed by atoms with van der Waals surface area (Å²) in [6.45, 7) is 0. The molecule has 0 spiro atoms. The first kappa shape index (κ1) is 14.5. The van der Waals surface area contributed by atoms with Crippen LogP contribution in [0.1, 0.15) is 25.7 Å². The smallest absolute Gasteiger partial charge is 0.407 e. The lowest BCUT2D eigenvalue weighted by molar-refractivity contribution is 0.0994. The Labute approximate surface area is 138 Å². The first-order valence-electron chi connectivity index (χ1n) is 7.81. The first-order chi connectivity index (χ1) is 11.1. The van der Waals surface area contributed by atoms with Gasteiger partial charge in [-0.1, -0.05) is 11.6 Å². The number of nitrogens with one attached hydrogen (secondary N) is 1. The molecule has 2 saturated heterocycles. The molecule has 2 aromatic rings. The maximum absolute atomic E-state index is 11.4. The van der Waals surface area contributed by atoms with Crippen molar-refractivity contribution in [3.8, 4) is 0 Å². The fraction of sp³-hybridized carbons (Fsp3) is 0.438. The van der Waals surface area contributed by atoms with E-state index in [0.29, 0.717) is 5.15 Å². The van der Waals surface area contributed by atoms with Crippen molar-refractivity contribution in [2.45, 2.75) is 43.8 Å². The quantitative estimate of drug-likeness (QED) is 0.824. The summed E-state index contributed by atoms with van der Waals surface area (Å²) in [5.41, 5.74) is 0.806. The molecule has 120 valence electrons. The number of rotatable bonds is 2. The Bertz CT molecular complexity index is 755. The van der Waals surface area contributed by atoms with Crippen molar-refractivity contribution >= 4 is 34.4 Å². The molecule has 3 atom stereocenters. The average Bonchev–Trinajstić information content (AvgIpc) is 2.79. The molecule has 2 aliphatic heterocycles. The van der Waals surface area contributed by atoms with E-state index in [0.717, 1.165) is 42.4 Å². The maximum Gasteiger partial charge on any atom is 0.407 e. The number of amides is 1. The van der Waals surface area contributed by atoms with E-state index in [1.165, 1.54) is 0 Å². The predicted octanol–water partition coefficient (Wildman–Crippen LogP) is 3.37. The van der Waals surface area contributed by atoms with Crippen LogP contribution in [-0.4, -0.2) is 44.2 Å². The standard InChI is InChI=1S/C16H17ClN4O2/c17-14-8-13-12(2-1-5-18-13)15(20-14)19-9-6-10-3-4-11(7-9)21(10)16(22)23/h1-2,5,8-11H,3-4,6-7H2,(H,19,20)(H,22,23)/t9-,10+,11-. The van der Waals surface area contributed by atoms with E-state index in [4.69, 9.17) is 11.6 Å². The van der Waals surface area contributed by atoms with Gasteiger partial charge in [-0.2, -0.15) is 0 Å². The Hall–Kier alpha value is -2.08. The Morgan fingerprint density at radius 2 is 2.09 bits per heavy atom. The Morgan fingerprint density at radius 1 is 1.35 bits per heavy atom. The fourth-order valence-electron chi connectivity index (χ4n) is 3.96. The van der Waals surface area contributed by atoms with Gasteiger partial charge >= 0.3 is 6.09 Å². The summed E-state index contributed by atoms with van der Waals surface area (Å²) < 4.78 is 0. The molecule has 2 aromatic heterocycles. The number of carboxylic acid groups (broad SMARTS) is 1. The zero-order valence-electron chi connectivity index (χ0n) is 12.4. The summed E-state index contributed by atoms with van der Waals surface area (Å²) in [4.78, 5) is 21.7. The van der Waals surface area contributed by atoms with Gasteiger partial charge in [0.25, 0.3) is 0 Å². The number of halogens is 1. The van der Waals surface area contributed by atoms with Crippen LogP contribution < -0.4 is 5.32 Å². The van der Waals surface area contributed by atoms with Gasteiger partial charge in [0.05, 0.1) is 5.52 Å². The second-order valence-corrected chi connectivity index (χ2v) is 6.64. The van der Waals surface area contributed by atoms with Crippen LogP contribution >= 0.6 is 11.6 Å². The van der Waals surface area contributed by atoms with E-state index in [1.54, 1.807) is 17.2 Å². The van der Waals surface area contributed by atoms with Crippen molar-refractivity contribution in [1.29, 1.82) is 0 Å². The number of fused-ring (bicyclic) bond motifs is 3. The molecule has 4 rings (SSSR count). The molecule has 2 fully saturated rings. The van der Waals surface area contributed by atoms with Crippen LogP contribution in [0.2, 0.25) is 5.15 Å². The third-order valence-electron chi connectivity index (χ3n) is 4.86. The van der Waals surface area contributed by atoms with Gasteiger partial charge < -0.3 is 15.3 Å². The van der Waals surface area contributed by atoms with Gasteiger partial charge in [0.1, 0.15) is 11.0 Å². The van der Waals surface area contributed by atoms with Gasteiger partial charge in [-0.15, -0.1) is 0 Å². The van der Waals surface area contributed by atoms with Gasteiger partial charge in [0.15, 0.2) is 0 Å². The van der Waals surface area contributed by atoms with Crippen LogP contribution in [0.4, 0.5) is 10.6 Å². The van der Waals surface area contributed by atoms with E-state index in [9.17, 15) is 9.90 Å². The predicted molar refractivity (Wildman–Crippen MR) is 87.9 cm³/mol. The molecule has 23 heavy (non-hydrogen) atoms. The van der Waals surface area contributed by atoms with Crippen molar-refractivity contribution in [3.63, 3.8) is 0 Å². The molecular weight excluding hydrogens is 316 g/mol. The Morgan fingerprint density at radius 3 is 2.78 bits per heavy atom. The minimum absolute atomic E-state index is 0.104. The van der Waals surface area contributed by atoms with Crippen LogP contribution in [0.15, 0.2) is 24.4 Å². The van der Waals surface area contributed by atoms with Crippen molar-refractivity contribution in [2.24, 2.45) is 0 Å². The third kappa shape index (κ3) is 2.57. The van der Waals surface area contributed by atoms with Gasteiger partial charge in [0.2, 0.25) is 0 Å². The van der Waals surface area contributed by atoms with Crippen molar-refractivity contribution < 1.29 is 9.90 Å². The maximum atomic E-state index is 11.4. The molecule has 0 unspecified atom stereocenters. The molecule has 0 saturated carbocycles. The molecule has 2 N–H and O–H groups in total. The molecule has 1 amide bonds. The van der Waals surface area contributed by atoms with E-state index in [1.807, 2.05) is 12.1 Å². The molecule has 0 aromatic carbocycles. The van der Waals surface area contributed by atoms with Gasteiger partial charge in [-0.25, -0.2) is 9.78 Å². The molecule has 0 aliphatic carbocycles. The number of pyridine rings is 2. The van der Waals surface area contributed by atoms with Crippen LogP contribution in [-0.2, 0) is 0 Å². The Balaban J connectivity index is 1.59. The summed E-state index contributed by atoms with van der Waals surface area (Å²) in [5.74, 6) is 0.730. The summed E-state index contributed by atoms with van der Waals surface area (Å²) in [7, 11) is 0. The minimum atomic E-state index is -0.800. The molecule has 2 bridgehead atoms. The highest BCUT2D eigenvalue weighted by molar-refractivity contribution is 6.30. The van der Waals surface area contributed by atoms with E-state index in [-0.39, 0.29) is 18.1 Å². The average molecular weight is 333 g/mol. The van der Waals surface area contributed by atoms with Crippen LogP contribution in [0.5, 0.6) is 0 Å². The molecule has 6 nitrogen and oxygen atoms in total. The number of aromatic nitrogens is 2. The normalized spacial score (nSPS) is 26.5. The second kappa shape index (κ2) is 5.53. The monoisotopic (exact) mass is 332 g/mol. The molecule has 0 radical (unpaired) electrons. The number of carbonyl (C=O) groups is 1. The lowest BCUT2D eigenvalue weighted by atomic mass is 9.97. The van der Waals surface area contributed by atoms with E-state index in [2.05, 4.69) is 15.3 Å². The number of anilines is 1. The van der Waals surface area contributed by atoms with Crippen molar-refractivity contribution in [2.75, 3.05) is 5.32 Å². The lowest BCUT2D eigenvalue weighted by Gasteiger charge is -2.37. The number of piperidine rings is 1. The Kier molecular flexibility index (Phi) is 3.49. The van der Waals surface area contributed by atoms with Gasteiger partial charge in [-0.3, -0.25) is 4.98 Å². The lowest BCUT2D eigenvalue weighted by Crippen LogP contribution is -2.49. The fourth-order valence-corrected chi connectivity index (χ4v) is 4.14. The highest BCUT2D eigenvalue weighted by Gasteiger charge is 2.43. The topological polar surface area (TPSA) is 78.4 Å². The zero-order valence-corrected chi connectivity index (χ0v) is 13.2. The summed E-state index contributed by atoms with van der Waals surface area (Å²) in [6.07, 6.45) is 4.43. The zero-order chi connectivity index (χ0) is 16.0. The second-order valence-electron chi connectivity index (χ2n) is 6.25. The van der Waals surface area contributed by atoms with Gasteiger partial charge in [-0.05, 0) is 37.8 Å². The number of nitrogens with zero attached hydrogens (tertiary/aromatic N) is 3. The third-order valence-corrected chi connectivity index (χ3v) is 5.06. The molecule has 7 heteroatoms. The van der Waals surface area contributed by atoms with Crippen LogP contribution in [0, 0.1) is 0 Å². The molecular formula is C16H17ClN4O2. The number of hydrogen-bond donors (Lipinski definition) is 2. The summed E-state index contributed by atoms with van der Waals surface area (Å²) in [6, 6.07) is 6.00. The van der Waals surface area contributed by atoms with Gasteiger partial charge in [0, 0.05) is 35.8 Å². The van der Waals surface area contributed by atoms with Crippen LogP contribution in [0.25, 0.3) is 10.9 Å². The highest BCUT2D eigenvalue weighted by Crippen LogP contribution is 2.37. The first-order valence-corrected chi connectivity index (χ1v) is 8.18. The summed E-state index contributed by atoms with van der Waals surface area (Å²) in [5, 5.41) is 14.2. The number of hydrogen-bond acceptors (Lipinski definition) is 4. The molecule has 4 heterocycles. The summed E-state index contributed by atoms with van der Waals surface area (Å²) >= 11 is 6.10. The minimum Gasteiger partial charge on any atom is -0.465 e. The van der Waals surface area contributed by atoms with E-state index >= 15 is 0 Å². The van der Waals surface area contributed by atoms with Crippen molar-refractivity contribution in [3.05, 3.63) is 29.5 Å².